The number of benzene rings is 2. The lowest BCUT2D eigenvalue weighted by molar-refractivity contribution is -0.141. The van der Waals surface area contributed by atoms with E-state index in [1.807, 2.05) is 43.3 Å². The van der Waals surface area contributed by atoms with Crippen molar-refractivity contribution in [2.75, 3.05) is 5.75 Å². The molecule has 1 aliphatic rings. The first-order valence-corrected chi connectivity index (χ1v) is 10.0. The monoisotopic (exact) mass is 368 g/mol. The van der Waals surface area contributed by atoms with Crippen molar-refractivity contribution in [3.05, 3.63) is 65.2 Å². The quantitative estimate of drug-likeness (QED) is 0.671. The molecule has 3 rings (SSSR count). The van der Waals surface area contributed by atoms with E-state index in [2.05, 4.69) is 6.92 Å². The first-order chi connectivity index (χ1) is 12.5. The van der Waals surface area contributed by atoms with E-state index in [-0.39, 0.29) is 5.78 Å². The van der Waals surface area contributed by atoms with Crippen molar-refractivity contribution in [1.29, 1.82) is 0 Å². The zero-order valence-corrected chi connectivity index (χ0v) is 16.0. The molecule has 1 N–H and O–H groups in total. The van der Waals surface area contributed by atoms with Crippen LogP contribution in [0.15, 0.2) is 53.4 Å². The third kappa shape index (κ3) is 3.18. The molecule has 0 saturated carbocycles. The minimum Gasteiger partial charge on any atom is -0.481 e. The molecular formula is C22H24O3S. The normalized spacial score (nSPS) is 21.6. The van der Waals surface area contributed by atoms with Gasteiger partial charge in [0.15, 0.2) is 5.78 Å². The molecule has 0 spiro atoms. The number of thioether (sulfide) groups is 1. The van der Waals surface area contributed by atoms with Gasteiger partial charge in [-0.2, -0.15) is 0 Å². The van der Waals surface area contributed by atoms with E-state index in [0.717, 1.165) is 23.3 Å². The summed E-state index contributed by atoms with van der Waals surface area (Å²) in [6.07, 6.45) is 2.39. The van der Waals surface area contributed by atoms with E-state index in [4.69, 9.17) is 0 Å². The maximum absolute atomic E-state index is 13.4. The lowest BCUT2D eigenvalue weighted by Crippen LogP contribution is -2.38. The molecule has 0 fully saturated rings. The van der Waals surface area contributed by atoms with E-state index >= 15 is 0 Å². The highest BCUT2D eigenvalue weighted by Gasteiger charge is 2.55. The molecule has 0 heterocycles. The molecule has 2 unspecified atom stereocenters. The predicted molar refractivity (Wildman–Crippen MR) is 105 cm³/mol. The van der Waals surface area contributed by atoms with E-state index < -0.39 is 17.3 Å². The van der Waals surface area contributed by atoms with Gasteiger partial charge in [0.2, 0.25) is 0 Å². The smallest absolute Gasteiger partial charge is 0.312 e. The Kier molecular flexibility index (Phi) is 5.52. The van der Waals surface area contributed by atoms with Crippen LogP contribution in [-0.2, 0) is 4.79 Å². The van der Waals surface area contributed by atoms with Crippen molar-refractivity contribution in [3.63, 3.8) is 0 Å². The number of rotatable bonds is 7. The van der Waals surface area contributed by atoms with E-state index in [1.165, 1.54) is 0 Å². The number of fused-ring (bicyclic) bond motifs is 1. The molecule has 3 nitrogen and oxygen atoms in total. The number of ketones is 1. The van der Waals surface area contributed by atoms with E-state index in [9.17, 15) is 14.7 Å². The van der Waals surface area contributed by atoms with Crippen molar-refractivity contribution < 1.29 is 14.7 Å². The Morgan fingerprint density at radius 3 is 2.54 bits per heavy atom. The molecule has 1 aliphatic carbocycles. The molecule has 4 heteroatoms. The van der Waals surface area contributed by atoms with Gasteiger partial charge in [-0.05, 0) is 30.5 Å². The number of hydrogen-bond donors (Lipinski definition) is 1. The van der Waals surface area contributed by atoms with Crippen LogP contribution in [0.4, 0.5) is 0 Å². The number of carboxylic acid groups (broad SMARTS) is 1. The first kappa shape index (κ1) is 18.7. The largest absolute Gasteiger partial charge is 0.481 e. The topological polar surface area (TPSA) is 54.4 Å². The number of Topliss-reactive ketones (excluding diaryl/α,β-unsaturated/α-hetero) is 1. The van der Waals surface area contributed by atoms with Gasteiger partial charge in [-0.3, -0.25) is 9.59 Å². The Morgan fingerprint density at radius 2 is 1.85 bits per heavy atom. The van der Waals surface area contributed by atoms with Crippen LogP contribution in [0, 0.1) is 12.3 Å². The van der Waals surface area contributed by atoms with Gasteiger partial charge in [0, 0.05) is 16.2 Å². The van der Waals surface area contributed by atoms with Crippen LogP contribution in [-0.4, -0.2) is 22.6 Å². The zero-order chi connectivity index (χ0) is 18.7. The standard InChI is InChI=1S/C22H24O3S/c1-3-4-13-22(14-26-18-12-8-5-9-15(18)2)19(21(24)25)16-10-6-7-11-17(16)20(22)23/h5-12,19H,3-4,13-14H2,1-2H3,(H,24,25). The number of aliphatic carboxylic acids is 1. The maximum Gasteiger partial charge on any atom is 0.312 e. The van der Waals surface area contributed by atoms with Crippen LogP contribution in [0.3, 0.4) is 0 Å². The molecule has 136 valence electrons. The zero-order valence-electron chi connectivity index (χ0n) is 15.2. The fourth-order valence-electron chi connectivity index (χ4n) is 3.92. The highest BCUT2D eigenvalue weighted by Crippen LogP contribution is 2.52. The Labute approximate surface area is 158 Å². The molecule has 0 amide bonds. The second-order valence-electron chi connectivity index (χ2n) is 7.00. The molecule has 2 aromatic rings. The van der Waals surface area contributed by atoms with Crippen molar-refractivity contribution in [2.24, 2.45) is 5.41 Å². The minimum atomic E-state index is -0.898. The summed E-state index contributed by atoms with van der Waals surface area (Å²) in [6, 6.07) is 15.3. The molecule has 0 bridgehead atoms. The van der Waals surface area contributed by atoms with Gasteiger partial charge >= 0.3 is 5.97 Å². The second-order valence-corrected chi connectivity index (χ2v) is 8.02. The van der Waals surface area contributed by atoms with Crippen LogP contribution in [0.1, 0.15) is 53.6 Å². The van der Waals surface area contributed by atoms with Crippen molar-refractivity contribution in [3.8, 4) is 0 Å². The van der Waals surface area contributed by atoms with Gasteiger partial charge in [0.1, 0.15) is 0 Å². The van der Waals surface area contributed by atoms with Gasteiger partial charge in [-0.1, -0.05) is 62.2 Å². The fraction of sp³-hybridized carbons (Fsp3) is 0.364. The highest BCUT2D eigenvalue weighted by atomic mass is 32.2. The summed E-state index contributed by atoms with van der Waals surface area (Å²) in [6.45, 7) is 4.12. The average Bonchev–Trinajstić information content (AvgIpc) is 2.89. The first-order valence-electron chi connectivity index (χ1n) is 9.06. The third-order valence-corrected chi connectivity index (χ3v) is 6.75. The van der Waals surface area contributed by atoms with E-state index in [0.29, 0.717) is 23.3 Å². The maximum atomic E-state index is 13.4. The lowest BCUT2D eigenvalue weighted by Gasteiger charge is -2.32. The second kappa shape index (κ2) is 7.67. The average molecular weight is 368 g/mol. The van der Waals surface area contributed by atoms with Gasteiger partial charge in [0.05, 0.1) is 11.3 Å². The van der Waals surface area contributed by atoms with Crippen LogP contribution in [0.5, 0.6) is 0 Å². The van der Waals surface area contributed by atoms with Crippen LogP contribution in [0.2, 0.25) is 0 Å². The summed E-state index contributed by atoms with van der Waals surface area (Å²) in [5.74, 6) is -1.18. The predicted octanol–water partition coefficient (Wildman–Crippen LogP) is 5.33. The lowest BCUT2D eigenvalue weighted by atomic mass is 9.73. The Hall–Kier alpha value is -2.07. The third-order valence-electron chi connectivity index (χ3n) is 5.32. The number of carboxylic acids is 1. The van der Waals surface area contributed by atoms with Crippen LogP contribution >= 0.6 is 11.8 Å². The van der Waals surface area contributed by atoms with Crippen molar-refractivity contribution in [1.82, 2.24) is 0 Å². The number of unbranched alkanes of at least 4 members (excludes halogenated alkanes) is 1. The summed E-state index contributed by atoms with van der Waals surface area (Å²) in [5.41, 5.74) is 1.53. The molecule has 2 aromatic carbocycles. The Balaban J connectivity index is 2.02. The number of hydrogen-bond acceptors (Lipinski definition) is 3. The Bertz CT molecular complexity index is 830. The highest BCUT2D eigenvalue weighted by molar-refractivity contribution is 7.99. The molecule has 2 atom stereocenters. The molecule has 0 saturated heterocycles. The summed E-state index contributed by atoms with van der Waals surface area (Å²) in [5, 5.41) is 10.0. The van der Waals surface area contributed by atoms with Gasteiger partial charge in [0.25, 0.3) is 0 Å². The van der Waals surface area contributed by atoms with Crippen molar-refractivity contribution >= 4 is 23.5 Å². The Morgan fingerprint density at radius 1 is 1.15 bits per heavy atom. The summed E-state index contributed by atoms with van der Waals surface area (Å²) >= 11 is 1.60. The van der Waals surface area contributed by atoms with Crippen molar-refractivity contribution in [2.45, 2.75) is 43.9 Å². The van der Waals surface area contributed by atoms with Crippen LogP contribution in [0.25, 0.3) is 0 Å². The molecule has 0 aromatic heterocycles. The van der Waals surface area contributed by atoms with Gasteiger partial charge in [-0.15, -0.1) is 11.8 Å². The number of carbonyl (C=O) groups excluding carboxylic acids is 1. The summed E-state index contributed by atoms with van der Waals surface area (Å²) in [7, 11) is 0. The van der Waals surface area contributed by atoms with Crippen LogP contribution < -0.4 is 0 Å². The number of carbonyl (C=O) groups is 2. The molecular weight excluding hydrogens is 344 g/mol. The molecule has 26 heavy (non-hydrogen) atoms. The van der Waals surface area contributed by atoms with E-state index in [1.54, 1.807) is 23.9 Å². The van der Waals surface area contributed by atoms with Gasteiger partial charge < -0.3 is 5.11 Å². The summed E-state index contributed by atoms with van der Waals surface area (Å²) < 4.78 is 0. The molecule has 0 radical (unpaired) electrons. The molecule has 0 aliphatic heterocycles. The number of aryl methyl sites for hydroxylation is 1. The fourth-order valence-corrected chi connectivity index (χ4v) is 5.24. The summed E-state index contributed by atoms with van der Waals surface area (Å²) in [4.78, 5) is 26.7. The van der Waals surface area contributed by atoms with Gasteiger partial charge in [-0.25, -0.2) is 0 Å². The minimum absolute atomic E-state index is 0.00460. The SMILES string of the molecule is CCCCC1(CSc2ccccc2C)C(=O)c2ccccc2C1C(=O)O.